The minimum absolute atomic E-state index is 0.0250. The number of benzene rings is 1. The lowest BCUT2D eigenvalue weighted by Crippen LogP contribution is -2.16. The number of rotatable bonds is 2. The second-order valence-corrected chi connectivity index (χ2v) is 4.83. The highest BCUT2D eigenvalue weighted by atomic mass is 19.4. The molecule has 23 heavy (non-hydrogen) atoms. The van der Waals surface area contributed by atoms with Crippen LogP contribution in [0, 0.1) is 6.92 Å². The topological polar surface area (TPSA) is 60.9 Å². The van der Waals surface area contributed by atoms with Crippen LogP contribution in [0.25, 0.3) is 11.3 Å². The van der Waals surface area contributed by atoms with E-state index in [0.717, 1.165) is 6.07 Å². The number of carbonyl (C=O) groups is 1. The molecule has 0 spiro atoms. The van der Waals surface area contributed by atoms with E-state index in [1.165, 1.54) is 6.07 Å². The third-order valence-corrected chi connectivity index (χ3v) is 3.10. The van der Waals surface area contributed by atoms with Gasteiger partial charge in [0.05, 0.1) is 11.4 Å². The molecule has 0 radical (unpaired) electrons. The van der Waals surface area contributed by atoms with Crippen LogP contribution >= 0.6 is 0 Å². The van der Waals surface area contributed by atoms with Gasteiger partial charge in [-0.15, -0.1) is 0 Å². The normalized spacial score (nSPS) is 11.7. The maximum Gasteiger partial charge on any atom is 0.435 e. The number of hydrogen-bond donors (Lipinski definition) is 0. The van der Waals surface area contributed by atoms with Crippen molar-refractivity contribution in [2.45, 2.75) is 13.1 Å². The molecule has 0 saturated carbocycles. The van der Waals surface area contributed by atoms with Crippen LogP contribution in [0.2, 0.25) is 0 Å². The molecule has 2 heterocycles. The molecule has 2 aromatic heterocycles. The number of carbonyl (C=O) groups excluding carboxylic acids is 1. The number of alkyl halides is 3. The smallest absolute Gasteiger partial charge is 0.351 e. The van der Waals surface area contributed by atoms with Gasteiger partial charge in [-0.25, -0.2) is 0 Å². The van der Waals surface area contributed by atoms with E-state index in [2.05, 4.69) is 10.3 Å². The van der Waals surface area contributed by atoms with Gasteiger partial charge in [0.15, 0.2) is 5.69 Å². The minimum Gasteiger partial charge on any atom is -0.351 e. The van der Waals surface area contributed by atoms with Crippen molar-refractivity contribution < 1.29 is 22.5 Å². The Morgan fingerprint density at radius 2 is 1.87 bits per heavy atom. The van der Waals surface area contributed by atoms with E-state index in [0.29, 0.717) is 15.9 Å². The predicted octanol–water partition coefficient (Wildman–Crippen LogP) is 3.55. The Morgan fingerprint density at radius 1 is 1.17 bits per heavy atom. The van der Waals surface area contributed by atoms with Crippen LogP contribution < -0.4 is 0 Å². The van der Waals surface area contributed by atoms with Crippen molar-refractivity contribution in [3.05, 3.63) is 59.6 Å². The quantitative estimate of drug-likeness (QED) is 0.724. The minimum atomic E-state index is -4.66. The van der Waals surface area contributed by atoms with Crippen molar-refractivity contribution in [1.82, 2.24) is 14.9 Å². The molecule has 0 aliphatic rings. The molecule has 0 N–H and O–H groups in total. The summed E-state index contributed by atoms with van der Waals surface area (Å²) in [7, 11) is 0. The van der Waals surface area contributed by atoms with Crippen molar-refractivity contribution in [1.29, 1.82) is 0 Å². The third kappa shape index (κ3) is 2.87. The standard InChI is InChI=1S/C15H10F3N3O2/c1-9-7-12(23-20-9)14(22)21-11(10-5-3-2-4-6-10)8-13(19-21)15(16,17)18/h2-8H,1H3. The molecule has 3 aromatic rings. The average molecular weight is 321 g/mol. The van der Waals surface area contributed by atoms with Crippen molar-refractivity contribution >= 4 is 5.91 Å². The van der Waals surface area contributed by atoms with E-state index in [1.807, 2.05) is 0 Å². The van der Waals surface area contributed by atoms with Crippen LogP contribution in [-0.2, 0) is 6.18 Å². The summed E-state index contributed by atoms with van der Waals surface area (Å²) in [6.45, 7) is 1.60. The maximum atomic E-state index is 12.9. The van der Waals surface area contributed by atoms with Gasteiger partial charge >= 0.3 is 12.1 Å². The van der Waals surface area contributed by atoms with Gasteiger partial charge in [-0.3, -0.25) is 4.79 Å². The zero-order valence-corrected chi connectivity index (χ0v) is 11.8. The fraction of sp³-hybridized carbons (Fsp3) is 0.133. The zero-order chi connectivity index (χ0) is 16.6. The number of aryl methyl sites for hydroxylation is 1. The van der Waals surface area contributed by atoms with Gasteiger partial charge in [0.1, 0.15) is 0 Å². The van der Waals surface area contributed by atoms with Gasteiger partial charge in [0, 0.05) is 11.6 Å². The molecule has 5 nitrogen and oxygen atoms in total. The van der Waals surface area contributed by atoms with Crippen LogP contribution in [0.15, 0.2) is 47.0 Å². The van der Waals surface area contributed by atoms with Crippen LogP contribution in [0.1, 0.15) is 21.9 Å². The van der Waals surface area contributed by atoms with Gasteiger partial charge < -0.3 is 4.52 Å². The highest BCUT2D eigenvalue weighted by Crippen LogP contribution is 2.32. The summed E-state index contributed by atoms with van der Waals surface area (Å²) in [4.78, 5) is 12.4. The summed E-state index contributed by atoms with van der Waals surface area (Å²) < 4.78 is 44.3. The van der Waals surface area contributed by atoms with Crippen LogP contribution in [-0.4, -0.2) is 20.8 Å². The maximum absolute atomic E-state index is 12.9. The Hall–Kier alpha value is -2.90. The summed E-state index contributed by atoms with van der Waals surface area (Å²) in [6, 6.07) is 10.4. The Morgan fingerprint density at radius 3 is 2.43 bits per heavy atom. The van der Waals surface area contributed by atoms with E-state index in [4.69, 9.17) is 4.52 Å². The molecule has 1 aromatic carbocycles. The molecule has 0 unspecified atom stereocenters. The molecule has 8 heteroatoms. The molecular weight excluding hydrogens is 311 g/mol. The fourth-order valence-electron chi connectivity index (χ4n) is 2.06. The van der Waals surface area contributed by atoms with Crippen molar-refractivity contribution in [2.24, 2.45) is 0 Å². The zero-order valence-electron chi connectivity index (χ0n) is 11.8. The SMILES string of the molecule is Cc1cc(C(=O)n2nc(C(F)(F)F)cc2-c2ccccc2)on1. The van der Waals surface area contributed by atoms with Gasteiger partial charge in [-0.1, -0.05) is 35.5 Å². The summed E-state index contributed by atoms with van der Waals surface area (Å²) >= 11 is 0. The van der Waals surface area contributed by atoms with Gasteiger partial charge in [0.2, 0.25) is 5.76 Å². The fourth-order valence-corrected chi connectivity index (χ4v) is 2.06. The first-order valence-electron chi connectivity index (χ1n) is 6.57. The van der Waals surface area contributed by atoms with E-state index in [1.54, 1.807) is 37.3 Å². The van der Waals surface area contributed by atoms with Crippen LogP contribution in [0.4, 0.5) is 13.2 Å². The summed E-state index contributed by atoms with van der Waals surface area (Å²) in [5.74, 6) is -1.00. The Bertz CT molecular complexity index is 850. The number of nitrogens with zero attached hydrogens (tertiary/aromatic N) is 3. The molecule has 0 atom stereocenters. The van der Waals surface area contributed by atoms with E-state index >= 15 is 0 Å². The predicted molar refractivity (Wildman–Crippen MR) is 73.6 cm³/mol. The number of aromatic nitrogens is 3. The van der Waals surface area contributed by atoms with Crippen molar-refractivity contribution in [3.63, 3.8) is 0 Å². The Kier molecular flexibility index (Phi) is 3.51. The largest absolute Gasteiger partial charge is 0.435 e. The summed E-state index contributed by atoms with van der Waals surface area (Å²) in [6.07, 6.45) is -4.66. The highest BCUT2D eigenvalue weighted by molar-refractivity contribution is 5.95. The van der Waals surface area contributed by atoms with Gasteiger partial charge in [0.25, 0.3) is 0 Å². The molecule has 0 aliphatic carbocycles. The molecule has 3 rings (SSSR count). The second kappa shape index (κ2) is 5.38. The van der Waals surface area contributed by atoms with E-state index in [9.17, 15) is 18.0 Å². The number of hydrogen-bond acceptors (Lipinski definition) is 4. The Labute approximate surface area is 128 Å². The molecule has 0 aliphatic heterocycles. The van der Waals surface area contributed by atoms with Crippen LogP contribution in [0.5, 0.6) is 0 Å². The molecule has 118 valence electrons. The molecular formula is C15H10F3N3O2. The molecule has 0 saturated heterocycles. The van der Waals surface area contributed by atoms with Crippen molar-refractivity contribution in [2.75, 3.05) is 0 Å². The molecule has 0 bridgehead atoms. The Balaban J connectivity index is 2.15. The summed E-state index contributed by atoms with van der Waals surface area (Å²) in [5.41, 5.74) is -0.254. The first kappa shape index (κ1) is 15.0. The average Bonchev–Trinajstić information content (AvgIpc) is 3.13. The van der Waals surface area contributed by atoms with Crippen molar-refractivity contribution in [3.8, 4) is 11.3 Å². The lowest BCUT2D eigenvalue weighted by atomic mass is 10.1. The van der Waals surface area contributed by atoms with E-state index in [-0.39, 0.29) is 11.5 Å². The molecule has 0 amide bonds. The number of halogens is 3. The van der Waals surface area contributed by atoms with Gasteiger partial charge in [-0.2, -0.15) is 23.0 Å². The lowest BCUT2D eigenvalue weighted by Gasteiger charge is -2.03. The van der Waals surface area contributed by atoms with E-state index < -0.39 is 17.8 Å². The van der Waals surface area contributed by atoms with Crippen LogP contribution in [0.3, 0.4) is 0 Å². The highest BCUT2D eigenvalue weighted by Gasteiger charge is 2.36. The summed E-state index contributed by atoms with van der Waals surface area (Å²) in [5, 5.41) is 6.96. The molecule has 0 fully saturated rings. The second-order valence-electron chi connectivity index (χ2n) is 4.83. The lowest BCUT2D eigenvalue weighted by molar-refractivity contribution is -0.141. The third-order valence-electron chi connectivity index (χ3n) is 3.10. The first-order chi connectivity index (χ1) is 10.9. The van der Waals surface area contributed by atoms with Gasteiger partial charge in [-0.05, 0) is 13.0 Å². The first-order valence-corrected chi connectivity index (χ1v) is 6.57. The monoisotopic (exact) mass is 321 g/mol.